The molecule has 2 aliphatic rings. The minimum atomic E-state index is -0.197. The molecule has 2 aromatic rings. The van der Waals surface area contributed by atoms with Crippen LogP contribution < -0.4 is 0 Å². The zero-order chi connectivity index (χ0) is 16.5. The third-order valence-electron chi connectivity index (χ3n) is 4.55. The van der Waals surface area contributed by atoms with Gasteiger partial charge >= 0.3 is 0 Å². The van der Waals surface area contributed by atoms with Crippen LogP contribution in [0.4, 0.5) is 0 Å². The summed E-state index contributed by atoms with van der Waals surface area (Å²) < 4.78 is 5.22. The zero-order valence-electron chi connectivity index (χ0n) is 13.0. The topological polar surface area (TPSA) is 89.2 Å². The van der Waals surface area contributed by atoms with Gasteiger partial charge in [-0.25, -0.2) is 0 Å². The number of amides is 2. The lowest BCUT2D eigenvalue weighted by Crippen LogP contribution is -2.33. The van der Waals surface area contributed by atoms with Crippen molar-refractivity contribution in [2.45, 2.75) is 19.3 Å². The summed E-state index contributed by atoms with van der Waals surface area (Å²) in [4.78, 5) is 34.4. The van der Waals surface area contributed by atoms with Gasteiger partial charge in [0, 0.05) is 30.9 Å². The molecule has 0 N–H and O–H groups in total. The van der Waals surface area contributed by atoms with E-state index in [9.17, 15) is 9.59 Å². The quantitative estimate of drug-likeness (QED) is 0.627. The molecule has 1 aliphatic carbocycles. The first kappa shape index (κ1) is 14.7. The third kappa shape index (κ3) is 2.51. The molecule has 0 radical (unpaired) electrons. The SMILES string of the molecule is O=C1[C@H]2CC=CC[C@@H]2C(=O)N1CCc1nc(-c2ccncc2)no1. The number of aromatic nitrogens is 3. The van der Waals surface area contributed by atoms with E-state index in [1.807, 2.05) is 12.2 Å². The predicted octanol–water partition coefficient (Wildman–Crippen LogP) is 1.63. The van der Waals surface area contributed by atoms with Gasteiger partial charge < -0.3 is 4.52 Å². The molecule has 0 saturated carbocycles. The first-order chi connectivity index (χ1) is 11.7. The van der Waals surface area contributed by atoms with Gasteiger partial charge in [-0.3, -0.25) is 19.5 Å². The highest BCUT2D eigenvalue weighted by atomic mass is 16.5. The molecule has 4 rings (SSSR count). The van der Waals surface area contributed by atoms with Crippen LogP contribution in [0.1, 0.15) is 18.7 Å². The Balaban J connectivity index is 1.43. The molecule has 24 heavy (non-hydrogen) atoms. The highest BCUT2D eigenvalue weighted by molar-refractivity contribution is 6.05. The first-order valence-electron chi connectivity index (χ1n) is 7.97. The van der Waals surface area contributed by atoms with Crippen molar-refractivity contribution in [3.63, 3.8) is 0 Å². The Morgan fingerprint density at radius 2 is 1.75 bits per heavy atom. The molecule has 1 fully saturated rings. The fraction of sp³-hybridized carbons (Fsp3) is 0.353. The van der Waals surface area contributed by atoms with Crippen LogP contribution in [0.3, 0.4) is 0 Å². The summed E-state index contributed by atoms with van der Waals surface area (Å²) in [5.41, 5.74) is 0.811. The minimum Gasteiger partial charge on any atom is -0.339 e. The molecule has 3 heterocycles. The highest BCUT2D eigenvalue weighted by Crippen LogP contribution is 2.35. The summed E-state index contributed by atoms with van der Waals surface area (Å²) in [7, 11) is 0. The number of imide groups is 1. The number of allylic oxidation sites excluding steroid dienone is 2. The van der Waals surface area contributed by atoms with Crippen LogP contribution in [0.5, 0.6) is 0 Å². The summed E-state index contributed by atoms with van der Waals surface area (Å²) in [6.45, 7) is 0.280. The van der Waals surface area contributed by atoms with Crippen LogP contribution in [0.15, 0.2) is 41.2 Å². The monoisotopic (exact) mass is 324 g/mol. The zero-order valence-corrected chi connectivity index (χ0v) is 13.0. The lowest BCUT2D eigenvalue weighted by molar-refractivity contribution is -0.139. The molecule has 122 valence electrons. The van der Waals surface area contributed by atoms with E-state index in [0.29, 0.717) is 31.0 Å². The van der Waals surface area contributed by atoms with Gasteiger partial charge in [0.05, 0.1) is 11.8 Å². The number of pyridine rings is 1. The number of likely N-dealkylation sites (tertiary alicyclic amines) is 1. The van der Waals surface area contributed by atoms with E-state index in [1.54, 1.807) is 24.5 Å². The summed E-state index contributed by atoms with van der Waals surface area (Å²) in [6, 6.07) is 3.58. The maximum absolute atomic E-state index is 12.4. The number of rotatable bonds is 4. The standard InChI is InChI=1S/C17H16N4O3/c22-16-12-3-1-2-4-13(12)17(23)21(16)10-7-14-19-15(20-24-14)11-5-8-18-9-6-11/h1-2,5-6,8-9,12-13H,3-4,7,10H2/t12-,13-/m0/s1. The Morgan fingerprint density at radius 1 is 1.08 bits per heavy atom. The van der Waals surface area contributed by atoms with Gasteiger partial charge in [-0.1, -0.05) is 17.3 Å². The summed E-state index contributed by atoms with van der Waals surface area (Å²) in [5, 5.41) is 3.93. The molecule has 2 aromatic heterocycles. The van der Waals surface area contributed by atoms with Crippen LogP contribution in [0.25, 0.3) is 11.4 Å². The van der Waals surface area contributed by atoms with Gasteiger partial charge in [-0.15, -0.1) is 0 Å². The number of carbonyl (C=O) groups excluding carboxylic acids is 2. The molecule has 2 amide bonds. The molecular formula is C17H16N4O3. The van der Waals surface area contributed by atoms with Crippen LogP contribution in [-0.4, -0.2) is 38.4 Å². The molecule has 1 saturated heterocycles. The van der Waals surface area contributed by atoms with Crippen molar-refractivity contribution < 1.29 is 14.1 Å². The molecule has 0 spiro atoms. The number of carbonyl (C=O) groups is 2. The van der Waals surface area contributed by atoms with Gasteiger partial charge in [-0.2, -0.15) is 4.98 Å². The van der Waals surface area contributed by atoms with E-state index >= 15 is 0 Å². The van der Waals surface area contributed by atoms with Crippen molar-refractivity contribution in [2.75, 3.05) is 6.54 Å². The maximum atomic E-state index is 12.4. The van der Waals surface area contributed by atoms with Crippen molar-refractivity contribution in [3.05, 3.63) is 42.6 Å². The van der Waals surface area contributed by atoms with E-state index in [4.69, 9.17) is 4.52 Å². The van der Waals surface area contributed by atoms with Gasteiger partial charge in [0.2, 0.25) is 23.5 Å². The normalized spacial score (nSPS) is 22.9. The lowest BCUT2D eigenvalue weighted by atomic mass is 9.85. The number of nitrogens with zero attached hydrogens (tertiary/aromatic N) is 4. The third-order valence-corrected chi connectivity index (χ3v) is 4.55. The molecule has 0 unspecified atom stereocenters. The van der Waals surface area contributed by atoms with Crippen LogP contribution in [0.2, 0.25) is 0 Å². The summed E-state index contributed by atoms with van der Waals surface area (Å²) in [6.07, 6.45) is 8.94. The second kappa shape index (κ2) is 5.99. The van der Waals surface area contributed by atoms with E-state index in [2.05, 4.69) is 15.1 Å². The molecule has 2 atom stereocenters. The number of hydrogen-bond donors (Lipinski definition) is 0. The van der Waals surface area contributed by atoms with Crippen molar-refractivity contribution in [1.29, 1.82) is 0 Å². The molecule has 0 aromatic carbocycles. The Labute approximate surface area is 138 Å². The van der Waals surface area contributed by atoms with E-state index in [1.165, 1.54) is 4.90 Å². The summed E-state index contributed by atoms with van der Waals surface area (Å²) >= 11 is 0. The second-order valence-corrected chi connectivity index (χ2v) is 5.98. The highest BCUT2D eigenvalue weighted by Gasteiger charge is 2.46. The Hall–Kier alpha value is -2.83. The molecule has 7 nitrogen and oxygen atoms in total. The van der Waals surface area contributed by atoms with Crippen LogP contribution in [0, 0.1) is 11.8 Å². The molecule has 0 bridgehead atoms. The molecule has 7 heteroatoms. The van der Waals surface area contributed by atoms with E-state index < -0.39 is 0 Å². The smallest absolute Gasteiger partial charge is 0.233 e. The summed E-state index contributed by atoms with van der Waals surface area (Å²) in [5.74, 6) is 0.335. The van der Waals surface area contributed by atoms with Crippen molar-refractivity contribution in [3.8, 4) is 11.4 Å². The van der Waals surface area contributed by atoms with Crippen molar-refractivity contribution in [2.24, 2.45) is 11.8 Å². The van der Waals surface area contributed by atoms with E-state index in [0.717, 1.165) is 5.56 Å². The van der Waals surface area contributed by atoms with Gasteiger partial charge in [0.25, 0.3) is 0 Å². The van der Waals surface area contributed by atoms with Crippen molar-refractivity contribution in [1.82, 2.24) is 20.0 Å². The molecule has 1 aliphatic heterocycles. The Morgan fingerprint density at radius 3 is 2.42 bits per heavy atom. The largest absolute Gasteiger partial charge is 0.339 e. The number of fused-ring (bicyclic) bond motifs is 1. The average molecular weight is 324 g/mol. The Bertz CT molecular complexity index is 773. The second-order valence-electron chi connectivity index (χ2n) is 5.98. The first-order valence-corrected chi connectivity index (χ1v) is 7.97. The van der Waals surface area contributed by atoms with E-state index in [-0.39, 0.29) is 30.2 Å². The van der Waals surface area contributed by atoms with Gasteiger partial charge in [-0.05, 0) is 25.0 Å². The number of hydrogen-bond acceptors (Lipinski definition) is 6. The van der Waals surface area contributed by atoms with Crippen molar-refractivity contribution >= 4 is 11.8 Å². The molecular weight excluding hydrogens is 308 g/mol. The van der Waals surface area contributed by atoms with Gasteiger partial charge in [0.1, 0.15) is 0 Å². The predicted molar refractivity (Wildman–Crippen MR) is 83.3 cm³/mol. The van der Waals surface area contributed by atoms with Crippen LogP contribution >= 0.6 is 0 Å². The fourth-order valence-electron chi connectivity index (χ4n) is 3.27. The average Bonchev–Trinajstić information content (AvgIpc) is 3.19. The van der Waals surface area contributed by atoms with Gasteiger partial charge in [0.15, 0.2) is 0 Å². The maximum Gasteiger partial charge on any atom is 0.233 e. The lowest BCUT2D eigenvalue weighted by Gasteiger charge is -2.14. The minimum absolute atomic E-state index is 0.0803. The Kier molecular flexibility index (Phi) is 3.68. The fourth-order valence-corrected chi connectivity index (χ4v) is 3.27. The van der Waals surface area contributed by atoms with Crippen LogP contribution in [-0.2, 0) is 16.0 Å².